The predicted octanol–water partition coefficient (Wildman–Crippen LogP) is -0.483. The molecule has 62 valence electrons. The third-order valence-corrected chi connectivity index (χ3v) is 0. The van der Waals surface area contributed by atoms with Crippen LogP contribution in [0.1, 0.15) is 0 Å². The van der Waals surface area contributed by atoms with Crippen LogP contribution in [-0.4, -0.2) is 10.2 Å². The van der Waals surface area contributed by atoms with E-state index in [1.807, 2.05) is 0 Å². The summed E-state index contributed by atoms with van der Waals surface area (Å²) in [5.74, 6) is 0. The molecule has 0 spiro atoms. The Balaban J connectivity index is -0.0000000300. The minimum absolute atomic E-state index is 0. The topological polar surface area (TPSA) is 132 Å². The van der Waals surface area contributed by atoms with Gasteiger partial charge in [-0.1, -0.05) is 0 Å². The summed E-state index contributed by atoms with van der Waals surface area (Å²) in [6.07, 6.45) is 0. The Kier molecular flexibility index (Phi) is 35.9. The largest absolute Gasteiger partial charge is 2.00 e. The maximum absolute atomic E-state index is 8.25. The molecule has 0 saturated heterocycles. The quantitative estimate of drug-likeness (QED) is 0.317. The molecule has 10 heteroatoms. The first-order valence-corrected chi connectivity index (χ1v) is 1.10. The fraction of sp³-hybridized carbons (Fsp3) is 0. The summed E-state index contributed by atoms with van der Waals surface area (Å²) < 4.78 is 0. The van der Waals surface area contributed by atoms with Gasteiger partial charge in [-0.15, -0.1) is 0 Å². The number of rotatable bonds is 0. The van der Waals surface area contributed by atoms with Crippen molar-refractivity contribution in [1.29, 1.82) is 0 Å². The van der Waals surface area contributed by atoms with Crippen LogP contribution in [0.3, 0.4) is 0 Å². The minimum Gasteiger partial charge on any atom is -0.356 e. The first-order chi connectivity index (χ1) is 3.46. The normalized spacial score (nSPS) is 4.80. The van der Waals surface area contributed by atoms with Gasteiger partial charge in [-0.25, -0.2) is 0 Å². The van der Waals surface area contributed by atoms with Gasteiger partial charge in [-0.2, -0.15) is 0 Å². The standard InChI is InChI=1S/Co.Mn.2NO3/c;;2*2-1(3)4/q+2;;2*-1. The number of hydrogen-bond donors (Lipinski definition) is 0. The maximum Gasteiger partial charge on any atom is 2.00 e. The molecule has 0 rings (SSSR count). The second kappa shape index (κ2) is 15.8. The third kappa shape index (κ3) is 931. The molecule has 0 saturated carbocycles. The molecule has 0 aromatic carbocycles. The average molecular weight is 238 g/mol. The van der Waals surface area contributed by atoms with E-state index in [9.17, 15) is 0 Å². The molecule has 0 aromatic heterocycles. The second-order valence-corrected chi connectivity index (χ2v) is 0.447. The first-order valence-electron chi connectivity index (χ1n) is 1.10. The van der Waals surface area contributed by atoms with Gasteiger partial charge in [0.15, 0.2) is 0 Å². The van der Waals surface area contributed by atoms with E-state index >= 15 is 0 Å². The van der Waals surface area contributed by atoms with E-state index < -0.39 is 10.2 Å². The smallest absolute Gasteiger partial charge is 0.356 e. The Morgan fingerprint density at radius 1 is 0.800 bits per heavy atom. The minimum atomic E-state index is -1.75. The SMILES string of the molecule is O=[N+]([O-])[O-].O=[N+]([O-])[O-].[Co+2].[Mn]. The van der Waals surface area contributed by atoms with Crippen LogP contribution in [0.2, 0.25) is 0 Å². The van der Waals surface area contributed by atoms with E-state index in [4.69, 9.17) is 30.6 Å². The fourth-order valence-corrected chi connectivity index (χ4v) is 0. The number of nitrogens with zero attached hydrogens (tertiary/aromatic N) is 2. The van der Waals surface area contributed by atoms with Gasteiger partial charge in [0.1, 0.15) is 0 Å². The molecular formula is CoMnN2O6. The van der Waals surface area contributed by atoms with E-state index in [0.29, 0.717) is 0 Å². The summed E-state index contributed by atoms with van der Waals surface area (Å²) in [5.41, 5.74) is 0. The maximum atomic E-state index is 8.25. The molecule has 0 aliphatic carbocycles. The molecule has 0 unspecified atom stereocenters. The third-order valence-electron chi connectivity index (χ3n) is 0. The van der Waals surface area contributed by atoms with Gasteiger partial charge in [0.05, 0.1) is 10.2 Å². The Bertz CT molecular complexity index is 73.7. The van der Waals surface area contributed by atoms with Crippen molar-refractivity contribution < 1.29 is 44.0 Å². The molecule has 0 aliphatic rings. The van der Waals surface area contributed by atoms with Crippen molar-refractivity contribution in [1.82, 2.24) is 0 Å². The Labute approximate surface area is 75.1 Å². The van der Waals surface area contributed by atoms with E-state index in [-0.39, 0.29) is 33.8 Å². The molecule has 0 fully saturated rings. The van der Waals surface area contributed by atoms with Crippen LogP contribution in [0.25, 0.3) is 0 Å². The summed E-state index contributed by atoms with van der Waals surface area (Å²) in [5, 5.41) is 29.5. The molecule has 0 N–H and O–H groups in total. The summed E-state index contributed by atoms with van der Waals surface area (Å²) in [6.45, 7) is 0. The van der Waals surface area contributed by atoms with E-state index in [1.54, 1.807) is 0 Å². The zero-order chi connectivity index (χ0) is 7.15. The molecule has 0 heterocycles. The fourth-order valence-electron chi connectivity index (χ4n) is 0. The van der Waals surface area contributed by atoms with Crippen molar-refractivity contribution in [3.63, 3.8) is 0 Å². The van der Waals surface area contributed by atoms with Crippen molar-refractivity contribution >= 4 is 0 Å². The summed E-state index contributed by atoms with van der Waals surface area (Å²) >= 11 is 0. The zero-order valence-electron chi connectivity index (χ0n) is 4.06. The van der Waals surface area contributed by atoms with Crippen LogP contribution >= 0.6 is 0 Å². The van der Waals surface area contributed by atoms with Crippen molar-refractivity contribution in [2.24, 2.45) is 0 Å². The molecule has 2 radical (unpaired) electrons. The summed E-state index contributed by atoms with van der Waals surface area (Å²) in [4.78, 5) is 16.5. The molecular weight excluding hydrogens is 238 g/mol. The monoisotopic (exact) mass is 238 g/mol. The van der Waals surface area contributed by atoms with E-state index in [2.05, 4.69) is 0 Å². The van der Waals surface area contributed by atoms with Crippen molar-refractivity contribution in [2.75, 3.05) is 0 Å². The molecule has 0 bridgehead atoms. The molecule has 0 atom stereocenters. The van der Waals surface area contributed by atoms with Crippen LogP contribution in [0.5, 0.6) is 0 Å². The van der Waals surface area contributed by atoms with Crippen molar-refractivity contribution in [3.05, 3.63) is 30.6 Å². The van der Waals surface area contributed by atoms with Gasteiger partial charge in [0.2, 0.25) is 0 Å². The molecule has 0 amide bonds. The van der Waals surface area contributed by atoms with Gasteiger partial charge in [-0.05, 0) is 0 Å². The first kappa shape index (κ1) is 22.7. The van der Waals surface area contributed by atoms with E-state index in [0.717, 1.165) is 0 Å². The second-order valence-electron chi connectivity index (χ2n) is 0.447. The van der Waals surface area contributed by atoms with E-state index in [1.165, 1.54) is 0 Å². The number of hydrogen-bond acceptors (Lipinski definition) is 6. The Morgan fingerprint density at radius 2 is 0.800 bits per heavy atom. The van der Waals surface area contributed by atoms with Crippen LogP contribution < -0.4 is 0 Å². The Hall–Kier alpha value is -0.574. The molecule has 10 heavy (non-hydrogen) atoms. The van der Waals surface area contributed by atoms with Crippen LogP contribution in [-0.2, 0) is 33.8 Å². The van der Waals surface area contributed by atoms with Gasteiger partial charge in [-0.3, -0.25) is 0 Å². The molecule has 0 aliphatic heterocycles. The van der Waals surface area contributed by atoms with Crippen LogP contribution in [0.15, 0.2) is 0 Å². The van der Waals surface area contributed by atoms with Crippen molar-refractivity contribution in [2.45, 2.75) is 0 Å². The molecule has 0 aromatic rings. The van der Waals surface area contributed by atoms with Gasteiger partial charge >= 0.3 is 16.8 Å². The zero-order valence-corrected chi connectivity index (χ0v) is 6.28. The van der Waals surface area contributed by atoms with Crippen LogP contribution in [0.4, 0.5) is 0 Å². The summed E-state index contributed by atoms with van der Waals surface area (Å²) in [6, 6.07) is 0. The van der Waals surface area contributed by atoms with Crippen LogP contribution in [0, 0.1) is 30.6 Å². The summed E-state index contributed by atoms with van der Waals surface area (Å²) in [7, 11) is 0. The predicted molar refractivity (Wildman–Crippen MR) is 20.7 cm³/mol. The van der Waals surface area contributed by atoms with Gasteiger partial charge in [0, 0.05) is 17.1 Å². The Morgan fingerprint density at radius 3 is 0.800 bits per heavy atom. The van der Waals surface area contributed by atoms with Gasteiger partial charge < -0.3 is 30.6 Å². The van der Waals surface area contributed by atoms with Crippen molar-refractivity contribution in [3.8, 4) is 0 Å². The average Bonchev–Trinajstić information content (AvgIpc) is 1.25. The molecule has 8 nitrogen and oxygen atoms in total. The van der Waals surface area contributed by atoms with Gasteiger partial charge in [0.25, 0.3) is 0 Å².